The molecule has 0 bridgehead atoms. The van der Waals surface area contributed by atoms with Gasteiger partial charge in [0.05, 0.1) is 28.5 Å². The highest BCUT2D eigenvalue weighted by molar-refractivity contribution is 7.13. The summed E-state index contributed by atoms with van der Waals surface area (Å²) in [6, 6.07) is 12.6. The molecule has 0 radical (unpaired) electrons. The maximum absolute atomic E-state index is 12.1. The monoisotopic (exact) mass is 329 g/mol. The Morgan fingerprint density at radius 1 is 1.18 bits per heavy atom. The van der Waals surface area contributed by atoms with E-state index in [0.717, 1.165) is 16.4 Å². The predicted octanol–water partition coefficient (Wildman–Crippen LogP) is 3.79. The quantitative estimate of drug-likeness (QED) is 0.792. The van der Waals surface area contributed by atoms with Gasteiger partial charge in [0.1, 0.15) is 5.01 Å². The van der Waals surface area contributed by atoms with Crippen LogP contribution in [0, 0.1) is 0 Å². The minimum absolute atomic E-state index is 0.210. The number of hydrogen-bond donors (Lipinski definition) is 1. The molecule has 1 N–H and O–H groups in total. The van der Waals surface area contributed by atoms with Crippen molar-refractivity contribution in [1.29, 1.82) is 0 Å². The number of amides is 1. The van der Waals surface area contributed by atoms with Crippen LogP contribution in [0.4, 0.5) is 0 Å². The molecule has 0 unspecified atom stereocenters. The summed E-state index contributed by atoms with van der Waals surface area (Å²) in [5.74, 6) is -0.210. The van der Waals surface area contributed by atoms with E-state index in [0.29, 0.717) is 17.1 Å². The zero-order chi connectivity index (χ0) is 15.4. The number of halogens is 1. The molecule has 3 aromatic rings. The first-order valence-electron chi connectivity index (χ1n) is 6.62. The third-order valence-corrected chi connectivity index (χ3v) is 4.23. The van der Waals surface area contributed by atoms with Crippen LogP contribution < -0.4 is 5.32 Å². The van der Waals surface area contributed by atoms with Crippen LogP contribution >= 0.6 is 22.9 Å². The topological polar surface area (TPSA) is 54.9 Å². The van der Waals surface area contributed by atoms with Crippen LogP contribution in [-0.2, 0) is 6.54 Å². The van der Waals surface area contributed by atoms with Crippen molar-refractivity contribution in [3.63, 3.8) is 0 Å². The lowest BCUT2D eigenvalue weighted by atomic mass is 10.2. The Bertz CT molecular complexity index is 789. The average Bonchev–Trinajstić information content (AvgIpc) is 3.03. The summed E-state index contributed by atoms with van der Waals surface area (Å²) in [5, 5.41) is 6.01. The molecule has 0 fully saturated rings. The van der Waals surface area contributed by atoms with Crippen molar-refractivity contribution in [2.45, 2.75) is 6.54 Å². The van der Waals surface area contributed by atoms with Crippen molar-refractivity contribution in [3.8, 4) is 10.7 Å². The van der Waals surface area contributed by atoms with Gasteiger partial charge in [-0.25, -0.2) is 4.98 Å². The van der Waals surface area contributed by atoms with Gasteiger partial charge in [0, 0.05) is 11.6 Å². The van der Waals surface area contributed by atoms with Gasteiger partial charge >= 0.3 is 0 Å². The van der Waals surface area contributed by atoms with E-state index in [2.05, 4.69) is 15.3 Å². The highest BCUT2D eigenvalue weighted by Gasteiger charge is 2.10. The highest BCUT2D eigenvalue weighted by Crippen LogP contribution is 2.21. The lowest BCUT2D eigenvalue weighted by molar-refractivity contribution is 0.0950. The zero-order valence-electron chi connectivity index (χ0n) is 11.5. The third-order valence-electron chi connectivity index (χ3n) is 2.98. The molecular weight excluding hydrogens is 318 g/mol. The summed E-state index contributed by atoms with van der Waals surface area (Å²) >= 11 is 7.50. The number of nitrogens with zero attached hydrogens (tertiary/aromatic N) is 2. The number of nitrogens with one attached hydrogen (secondary N) is 1. The summed E-state index contributed by atoms with van der Waals surface area (Å²) < 4.78 is 0. The average molecular weight is 330 g/mol. The molecule has 3 rings (SSSR count). The molecule has 2 heterocycles. The van der Waals surface area contributed by atoms with Crippen molar-refractivity contribution in [2.75, 3.05) is 0 Å². The van der Waals surface area contributed by atoms with Crippen LogP contribution in [0.25, 0.3) is 10.7 Å². The van der Waals surface area contributed by atoms with Gasteiger partial charge in [0.25, 0.3) is 5.91 Å². The van der Waals surface area contributed by atoms with Crippen molar-refractivity contribution in [3.05, 3.63) is 70.3 Å². The van der Waals surface area contributed by atoms with Gasteiger partial charge in [-0.1, -0.05) is 29.8 Å². The summed E-state index contributed by atoms with van der Waals surface area (Å²) in [6.45, 7) is 0.355. The Labute approximate surface area is 136 Å². The first-order chi connectivity index (χ1) is 10.7. The molecule has 0 aliphatic rings. The van der Waals surface area contributed by atoms with Crippen molar-refractivity contribution in [2.24, 2.45) is 0 Å². The molecule has 0 saturated carbocycles. The maximum Gasteiger partial charge on any atom is 0.253 e. The lowest BCUT2D eigenvalue weighted by Gasteiger charge is -2.04. The third kappa shape index (κ3) is 3.32. The molecule has 0 atom stereocenters. The number of thiazole rings is 1. The minimum Gasteiger partial charge on any atom is -0.346 e. The maximum atomic E-state index is 12.1. The number of carbonyl (C=O) groups is 1. The Hall–Kier alpha value is -2.24. The number of aromatic nitrogens is 2. The molecule has 1 aromatic carbocycles. The van der Waals surface area contributed by atoms with E-state index < -0.39 is 0 Å². The van der Waals surface area contributed by atoms with Crippen LogP contribution in [0.1, 0.15) is 16.1 Å². The standard InChI is InChI=1S/C16H12ClN3OS/c17-13-6-2-1-5-12(13)15(21)19-9-11-10-22-16(20-11)14-7-3-4-8-18-14/h1-8,10H,9H2,(H,19,21). The highest BCUT2D eigenvalue weighted by atomic mass is 35.5. The van der Waals surface area contributed by atoms with Crippen LogP contribution in [0.3, 0.4) is 0 Å². The first kappa shape index (κ1) is 14.7. The van der Waals surface area contributed by atoms with E-state index in [4.69, 9.17) is 11.6 Å². The second-order valence-electron chi connectivity index (χ2n) is 4.52. The fraction of sp³-hybridized carbons (Fsp3) is 0.0625. The number of rotatable bonds is 4. The van der Waals surface area contributed by atoms with E-state index in [1.807, 2.05) is 23.6 Å². The van der Waals surface area contributed by atoms with Crippen molar-refractivity contribution >= 4 is 28.8 Å². The summed E-state index contributed by atoms with van der Waals surface area (Å²) in [6.07, 6.45) is 1.73. The number of hydrogen-bond acceptors (Lipinski definition) is 4. The molecule has 0 saturated heterocycles. The summed E-state index contributed by atoms with van der Waals surface area (Å²) in [7, 11) is 0. The largest absolute Gasteiger partial charge is 0.346 e. The Morgan fingerprint density at radius 3 is 2.77 bits per heavy atom. The summed E-state index contributed by atoms with van der Waals surface area (Å²) in [5.41, 5.74) is 2.09. The SMILES string of the molecule is O=C(NCc1csc(-c2ccccn2)n1)c1ccccc1Cl. The van der Waals surface area contributed by atoms with E-state index in [-0.39, 0.29) is 5.91 Å². The molecule has 6 heteroatoms. The fourth-order valence-electron chi connectivity index (χ4n) is 1.91. The molecule has 4 nitrogen and oxygen atoms in total. The molecule has 110 valence electrons. The predicted molar refractivity (Wildman–Crippen MR) is 88.0 cm³/mol. The van der Waals surface area contributed by atoms with Gasteiger partial charge in [0.15, 0.2) is 0 Å². The van der Waals surface area contributed by atoms with Crippen molar-refractivity contribution < 1.29 is 4.79 Å². The van der Waals surface area contributed by atoms with E-state index in [9.17, 15) is 4.79 Å². The van der Waals surface area contributed by atoms with Gasteiger partial charge < -0.3 is 5.32 Å². The smallest absolute Gasteiger partial charge is 0.253 e. The van der Waals surface area contributed by atoms with E-state index in [1.165, 1.54) is 11.3 Å². The molecule has 1 amide bonds. The summed E-state index contributed by atoms with van der Waals surface area (Å²) in [4.78, 5) is 20.8. The number of pyridine rings is 1. The Morgan fingerprint density at radius 2 is 2.00 bits per heavy atom. The molecule has 0 aliphatic heterocycles. The van der Waals surface area contributed by atoms with Crippen LogP contribution in [0.15, 0.2) is 54.0 Å². The molecule has 2 aromatic heterocycles. The second kappa shape index (κ2) is 6.68. The number of benzene rings is 1. The van der Waals surface area contributed by atoms with E-state index in [1.54, 1.807) is 30.5 Å². The number of carbonyl (C=O) groups excluding carboxylic acids is 1. The van der Waals surface area contributed by atoms with Gasteiger partial charge in [0.2, 0.25) is 0 Å². The van der Waals surface area contributed by atoms with Gasteiger partial charge in [-0.2, -0.15) is 0 Å². The fourth-order valence-corrected chi connectivity index (χ4v) is 2.92. The Balaban J connectivity index is 1.67. The normalized spacial score (nSPS) is 10.4. The zero-order valence-corrected chi connectivity index (χ0v) is 13.1. The van der Waals surface area contributed by atoms with Gasteiger partial charge in [-0.05, 0) is 24.3 Å². The van der Waals surface area contributed by atoms with Gasteiger partial charge in [-0.15, -0.1) is 11.3 Å². The molecular formula is C16H12ClN3OS. The van der Waals surface area contributed by atoms with Gasteiger partial charge in [-0.3, -0.25) is 9.78 Å². The van der Waals surface area contributed by atoms with E-state index >= 15 is 0 Å². The van der Waals surface area contributed by atoms with Crippen LogP contribution in [0.2, 0.25) is 5.02 Å². The first-order valence-corrected chi connectivity index (χ1v) is 7.88. The lowest BCUT2D eigenvalue weighted by Crippen LogP contribution is -2.23. The van der Waals surface area contributed by atoms with Crippen LogP contribution in [-0.4, -0.2) is 15.9 Å². The van der Waals surface area contributed by atoms with Crippen molar-refractivity contribution in [1.82, 2.24) is 15.3 Å². The Kier molecular flexibility index (Phi) is 4.46. The second-order valence-corrected chi connectivity index (χ2v) is 5.79. The minimum atomic E-state index is -0.210. The van der Waals surface area contributed by atoms with Crippen LogP contribution in [0.5, 0.6) is 0 Å². The molecule has 22 heavy (non-hydrogen) atoms. The molecule has 0 aliphatic carbocycles. The molecule has 0 spiro atoms.